The summed E-state index contributed by atoms with van der Waals surface area (Å²) < 4.78 is 5.39. The summed E-state index contributed by atoms with van der Waals surface area (Å²) >= 11 is 12.1. The highest BCUT2D eigenvalue weighted by Gasteiger charge is 2.25. The summed E-state index contributed by atoms with van der Waals surface area (Å²) in [5.41, 5.74) is 2.40. The lowest BCUT2D eigenvalue weighted by molar-refractivity contribution is 0.122. The molecule has 1 heterocycles. The van der Waals surface area contributed by atoms with E-state index in [0.717, 1.165) is 18.8 Å². The van der Waals surface area contributed by atoms with Crippen molar-refractivity contribution >= 4 is 35.0 Å². The van der Waals surface area contributed by atoms with Crippen molar-refractivity contribution in [3.63, 3.8) is 0 Å². The Hall–Kier alpha value is -1.99. The Bertz CT molecular complexity index is 828. The SMILES string of the molecule is O=C(O)NCC(c1ccc(Cl)c(Cl)c1)C(O)c1cccc(N2CCOCC2)c1. The van der Waals surface area contributed by atoms with Gasteiger partial charge in [0.05, 0.1) is 29.4 Å². The molecule has 3 rings (SSSR count). The molecule has 0 saturated carbocycles. The Morgan fingerprint density at radius 1 is 1.11 bits per heavy atom. The molecule has 0 radical (unpaired) electrons. The molecule has 3 N–H and O–H groups in total. The van der Waals surface area contributed by atoms with Gasteiger partial charge in [-0.1, -0.05) is 41.4 Å². The minimum absolute atomic E-state index is 0.0379. The molecule has 1 saturated heterocycles. The zero-order valence-electron chi connectivity index (χ0n) is 15.1. The summed E-state index contributed by atoms with van der Waals surface area (Å²) in [7, 11) is 0. The van der Waals surface area contributed by atoms with Gasteiger partial charge in [0.15, 0.2) is 0 Å². The van der Waals surface area contributed by atoms with Gasteiger partial charge in [-0.25, -0.2) is 4.79 Å². The van der Waals surface area contributed by atoms with Gasteiger partial charge < -0.3 is 25.2 Å². The van der Waals surface area contributed by atoms with E-state index in [9.17, 15) is 9.90 Å². The first-order chi connectivity index (χ1) is 13.5. The number of nitrogens with one attached hydrogen (secondary N) is 1. The molecule has 1 amide bonds. The Labute approximate surface area is 173 Å². The largest absolute Gasteiger partial charge is 0.465 e. The Balaban J connectivity index is 1.88. The lowest BCUT2D eigenvalue weighted by atomic mass is 9.88. The van der Waals surface area contributed by atoms with Gasteiger partial charge in [0.1, 0.15) is 0 Å². The second-order valence-corrected chi connectivity index (χ2v) is 7.42. The Morgan fingerprint density at radius 3 is 2.54 bits per heavy atom. The number of aliphatic hydroxyl groups excluding tert-OH is 1. The average Bonchev–Trinajstić information content (AvgIpc) is 2.71. The number of rotatable bonds is 6. The minimum Gasteiger partial charge on any atom is -0.465 e. The van der Waals surface area contributed by atoms with Crippen LogP contribution in [0.15, 0.2) is 42.5 Å². The molecule has 0 aromatic heterocycles. The molecule has 2 atom stereocenters. The number of carbonyl (C=O) groups is 1. The summed E-state index contributed by atoms with van der Waals surface area (Å²) in [6.45, 7) is 2.95. The van der Waals surface area contributed by atoms with Crippen LogP contribution in [0.5, 0.6) is 0 Å². The first kappa shape index (κ1) is 20.7. The van der Waals surface area contributed by atoms with E-state index in [0.29, 0.717) is 34.4 Å². The van der Waals surface area contributed by atoms with E-state index < -0.39 is 18.1 Å². The number of amides is 1. The Kier molecular flexibility index (Phi) is 7.02. The molecule has 8 heteroatoms. The Morgan fingerprint density at radius 2 is 1.86 bits per heavy atom. The van der Waals surface area contributed by atoms with Crippen LogP contribution in [0.1, 0.15) is 23.1 Å². The van der Waals surface area contributed by atoms with Crippen LogP contribution in [0.4, 0.5) is 10.5 Å². The number of hydrogen-bond donors (Lipinski definition) is 3. The van der Waals surface area contributed by atoms with E-state index in [1.807, 2.05) is 24.3 Å². The summed E-state index contributed by atoms with van der Waals surface area (Å²) in [5.74, 6) is -0.522. The van der Waals surface area contributed by atoms with Crippen LogP contribution >= 0.6 is 23.2 Å². The van der Waals surface area contributed by atoms with E-state index >= 15 is 0 Å². The lowest BCUT2D eigenvalue weighted by Gasteiger charge is -2.30. The summed E-state index contributed by atoms with van der Waals surface area (Å²) in [5, 5.41) is 23.2. The number of morpholine rings is 1. The predicted molar refractivity (Wildman–Crippen MR) is 110 cm³/mol. The molecule has 28 heavy (non-hydrogen) atoms. The fourth-order valence-electron chi connectivity index (χ4n) is 3.31. The third-order valence-corrected chi connectivity index (χ3v) is 5.55. The summed E-state index contributed by atoms with van der Waals surface area (Å²) in [6, 6.07) is 12.7. The standard InChI is InChI=1S/C20H22Cl2N2O4/c21-17-5-4-13(11-18(17)22)16(12-23-20(26)27)19(25)14-2-1-3-15(10-14)24-6-8-28-9-7-24/h1-5,10-11,16,19,23,25H,6-9,12H2,(H,26,27). The molecule has 2 unspecified atom stereocenters. The molecular formula is C20H22Cl2N2O4. The van der Waals surface area contributed by atoms with E-state index in [2.05, 4.69) is 10.2 Å². The van der Waals surface area contributed by atoms with Gasteiger partial charge in [0.25, 0.3) is 0 Å². The fraction of sp³-hybridized carbons (Fsp3) is 0.350. The molecule has 150 valence electrons. The van der Waals surface area contributed by atoms with Crippen LogP contribution in [-0.4, -0.2) is 49.2 Å². The molecule has 2 aromatic rings. The van der Waals surface area contributed by atoms with Crippen LogP contribution in [0.3, 0.4) is 0 Å². The molecule has 0 spiro atoms. The highest BCUT2D eigenvalue weighted by molar-refractivity contribution is 6.42. The van der Waals surface area contributed by atoms with E-state index in [1.54, 1.807) is 18.2 Å². The van der Waals surface area contributed by atoms with Crippen LogP contribution in [-0.2, 0) is 4.74 Å². The maximum absolute atomic E-state index is 11.1. The topological polar surface area (TPSA) is 82.0 Å². The van der Waals surface area contributed by atoms with E-state index in [4.69, 9.17) is 33.0 Å². The number of nitrogens with zero attached hydrogens (tertiary/aromatic N) is 1. The van der Waals surface area contributed by atoms with Gasteiger partial charge in [0, 0.05) is 31.2 Å². The van der Waals surface area contributed by atoms with Crippen molar-refractivity contribution < 1.29 is 19.7 Å². The van der Waals surface area contributed by atoms with Gasteiger partial charge in [-0.2, -0.15) is 0 Å². The second kappa shape index (κ2) is 9.47. The van der Waals surface area contributed by atoms with Crippen molar-refractivity contribution in [2.75, 3.05) is 37.7 Å². The molecule has 6 nitrogen and oxygen atoms in total. The molecular weight excluding hydrogens is 403 g/mol. The fourth-order valence-corrected chi connectivity index (χ4v) is 3.62. The smallest absolute Gasteiger partial charge is 0.404 e. The monoisotopic (exact) mass is 424 g/mol. The van der Waals surface area contributed by atoms with Gasteiger partial charge in [-0.3, -0.25) is 0 Å². The third kappa shape index (κ3) is 5.08. The maximum atomic E-state index is 11.1. The lowest BCUT2D eigenvalue weighted by Crippen LogP contribution is -2.36. The first-order valence-corrected chi connectivity index (χ1v) is 9.74. The van der Waals surface area contributed by atoms with Crippen LogP contribution in [0.25, 0.3) is 0 Å². The van der Waals surface area contributed by atoms with Crippen molar-refractivity contribution in [3.8, 4) is 0 Å². The van der Waals surface area contributed by atoms with Crippen molar-refractivity contribution in [1.29, 1.82) is 0 Å². The number of carboxylic acid groups (broad SMARTS) is 1. The average molecular weight is 425 g/mol. The third-order valence-electron chi connectivity index (χ3n) is 4.81. The highest BCUT2D eigenvalue weighted by Crippen LogP contribution is 2.35. The van der Waals surface area contributed by atoms with Gasteiger partial charge in [0.2, 0.25) is 0 Å². The number of halogens is 2. The first-order valence-electron chi connectivity index (χ1n) is 8.98. The zero-order chi connectivity index (χ0) is 20.1. The maximum Gasteiger partial charge on any atom is 0.404 e. The van der Waals surface area contributed by atoms with Crippen molar-refractivity contribution in [2.24, 2.45) is 0 Å². The summed E-state index contributed by atoms with van der Waals surface area (Å²) in [4.78, 5) is 13.2. The molecule has 1 fully saturated rings. The van der Waals surface area contributed by atoms with Crippen molar-refractivity contribution in [2.45, 2.75) is 12.0 Å². The zero-order valence-corrected chi connectivity index (χ0v) is 16.7. The quantitative estimate of drug-likeness (QED) is 0.654. The highest BCUT2D eigenvalue weighted by atomic mass is 35.5. The van der Waals surface area contributed by atoms with E-state index in [1.165, 1.54) is 0 Å². The molecule has 1 aliphatic heterocycles. The molecule has 0 bridgehead atoms. The van der Waals surface area contributed by atoms with Crippen molar-refractivity contribution in [3.05, 3.63) is 63.6 Å². The number of ether oxygens (including phenoxy) is 1. The summed E-state index contributed by atoms with van der Waals surface area (Å²) in [6.07, 6.45) is -2.08. The van der Waals surface area contributed by atoms with Crippen LogP contribution in [0.2, 0.25) is 10.0 Å². The normalized spacial score (nSPS) is 16.5. The minimum atomic E-state index is -1.15. The van der Waals surface area contributed by atoms with E-state index in [-0.39, 0.29) is 6.54 Å². The van der Waals surface area contributed by atoms with Crippen molar-refractivity contribution in [1.82, 2.24) is 5.32 Å². The predicted octanol–water partition coefficient (Wildman–Crippen LogP) is 3.91. The molecule has 2 aromatic carbocycles. The number of aliphatic hydroxyl groups is 1. The van der Waals surface area contributed by atoms with Crippen LogP contribution in [0, 0.1) is 0 Å². The van der Waals surface area contributed by atoms with Gasteiger partial charge >= 0.3 is 6.09 Å². The second-order valence-electron chi connectivity index (χ2n) is 6.61. The molecule has 1 aliphatic rings. The number of hydrogen-bond acceptors (Lipinski definition) is 4. The van der Waals surface area contributed by atoms with Crippen LogP contribution < -0.4 is 10.2 Å². The number of benzene rings is 2. The van der Waals surface area contributed by atoms with Gasteiger partial charge in [-0.05, 0) is 35.4 Å². The molecule has 0 aliphatic carbocycles. The number of anilines is 1. The van der Waals surface area contributed by atoms with Gasteiger partial charge in [-0.15, -0.1) is 0 Å².